The van der Waals surface area contributed by atoms with Gasteiger partial charge in [0.2, 0.25) is 0 Å². The second-order valence-corrected chi connectivity index (χ2v) is 7.39. The second-order valence-electron chi connectivity index (χ2n) is 7.01. The summed E-state index contributed by atoms with van der Waals surface area (Å²) in [6, 6.07) is 20.8. The Morgan fingerprint density at radius 2 is 1.60 bits per heavy atom. The van der Waals surface area contributed by atoms with E-state index in [1.807, 2.05) is 84.4 Å². The van der Waals surface area contributed by atoms with Crippen molar-refractivity contribution in [2.45, 2.75) is 0 Å². The zero-order chi connectivity index (χ0) is 21.3. The van der Waals surface area contributed by atoms with Gasteiger partial charge in [-0.1, -0.05) is 18.2 Å². The van der Waals surface area contributed by atoms with E-state index in [0.717, 1.165) is 11.4 Å². The standard InChI is InChI=1S/C23H20N4O2S/c1-25(2)16-10-12-17(13-11-16)26-14-6-9-19(26)15-20-21(28)24-23(30)27(22(20)29)18-7-4-3-5-8-18/h3-15H,1-2H3,(H,24,28,30)/b20-15+. The van der Waals surface area contributed by atoms with Gasteiger partial charge in [-0.3, -0.25) is 19.8 Å². The quantitative estimate of drug-likeness (QED) is 0.403. The summed E-state index contributed by atoms with van der Waals surface area (Å²) in [7, 11) is 3.97. The van der Waals surface area contributed by atoms with E-state index >= 15 is 0 Å². The topological polar surface area (TPSA) is 57.6 Å². The third-order valence-corrected chi connectivity index (χ3v) is 5.12. The maximum absolute atomic E-state index is 13.1. The summed E-state index contributed by atoms with van der Waals surface area (Å²) in [5.41, 5.74) is 3.36. The highest BCUT2D eigenvalue weighted by Gasteiger charge is 2.34. The molecule has 30 heavy (non-hydrogen) atoms. The highest BCUT2D eigenvalue weighted by Crippen LogP contribution is 2.23. The van der Waals surface area contributed by atoms with Gasteiger partial charge in [-0.05, 0) is 66.8 Å². The molecule has 0 atom stereocenters. The Hall–Kier alpha value is -3.71. The predicted octanol–water partition coefficient (Wildman–Crippen LogP) is 3.37. The molecule has 1 aliphatic heterocycles. The maximum Gasteiger partial charge on any atom is 0.270 e. The van der Waals surface area contributed by atoms with Crippen LogP contribution in [0.5, 0.6) is 0 Å². The van der Waals surface area contributed by atoms with Crippen molar-refractivity contribution in [3.8, 4) is 5.69 Å². The van der Waals surface area contributed by atoms with Crippen LogP contribution in [0.3, 0.4) is 0 Å². The van der Waals surface area contributed by atoms with E-state index in [9.17, 15) is 9.59 Å². The molecule has 2 aromatic carbocycles. The molecule has 4 rings (SSSR count). The van der Waals surface area contributed by atoms with Gasteiger partial charge in [0.1, 0.15) is 5.57 Å². The SMILES string of the molecule is CN(C)c1ccc(-n2cccc2/C=C2\C(=O)NC(=S)N(c3ccccc3)C2=O)cc1. The Kier molecular flexibility index (Phi) is 5.20. The van der Waals surface area contributed by atoms with Crippen molar-refractivity contribution >= 4 is 46.6 Å². The Bertz CT molecular complexity index is 1150. The lowest BCUT2D eigenvalue weighted by atomic mass is 10.1. The minimum absolute atomic E-state index is 0.0253. The molecule has 0 unspecified atom stereocenters. The number of para-hydroxylation sites is 1. The zero-order valence-corrected chi connectivity index (χ0v) is 17.4. The number of carbonyl (C=O) groups excluding carboxylic acids is 2. The molecule has 150 valence electrons. The van der Waals surface area contributed by atoms with E-state index in [2.05, 4.69) is 5.32 Å². The lowest BCUT2D eigenvalue weighted by Gasteiger charge is -2.28. The fraction of sp³-hybridized carbons (Fsp3) is 0.0870. The molecule has 3 aromatic rings. The highest BCUT2D eigenvalue weighted by molar-refractivity contribution is 7.80. The molecule has 1 N–H and O–H groups in total. The van der Waals surface area contributed by atoms with Crippen LogP contribution in [0.25, 0.3) is 11.8 Å². The molecule has 2 heterocycles. The molecule has 1 aliphatic rings. The number of anilines is 2. The molecule has 0 saturated carbocycles. The number of thiocarbonyl (C=S) groups is 1. The second kappa shape index (κ2) is 7.96. The summed E-state index contributed by atoms with van der Waals surface area (Å²) in [6.07, 6.45) is 3.48. The summed E-state index contributed by atoms with van der Waals surface area (Å²) in [4.78, 5) is 29.0. The van der Waals surface area contributed by atoms with E-state index in [-0.39, 0.29) is 10.7 Å². The van der Waals surface area contributed by atoms with Crippen LogP contribution in [0.1, 0.15) is 5.69 Å². The first-order valence-corrected chi connectivity index (χ1v) is 9.78. The van der Waals surface area contributed by atoms with Gasteiger partial charge in [0.15, 0.2) is 5.11 Å². The van der Waals surface area contributed by atoms with Gasteiger partial charge in [0, 0.05) is 37.4 Å². The molecule has 1 fully saturated rings. The molecule has 1 saturated heterocycles. The number of hydrogen-bond donors (Lipinski definition) is 1. The zero-order valence-electron chi connectivity index (χ0n) is 16.6. The number of nitrogens with one attached hydrogen (secondary N) is 1. The van der Waals surface area contributed by atoms with E-state index in [4.69, 9.17) is 12.2 Å². The number of amides is 2. The molecular weight excluding hydrogens is 396 g/mol. The lowest BCUT2D eigenvalue weighted by Crippen LogP contribution is -2.54. The summed E-state index contributed by atoms with van der Waals surface area (Å²) < 4.78 is 1.92. The number of hydrogen-bond acceptors (Lipinski definition) is 4. The Morgan fingerprint density at radius 3 is 2.27 bits per heavy atom. The van der Waals surface area contributed by atoms with Gasteiger partial charge in [-0.2, -0.15) is 0 Å². The minimum atomic E-state index is -0.507. The van der Waals surface area contributed by atoms with Crippen LogP contribution >= 0.6 is 12.2 Å². The van der Waals surface area contributed by atoms with Crippen LogP contribution in [0.15, 0.2) is 78.5 Å². The monoisotopic (exact) mass is 416 g/mol. The highest BCUT2D eigenvalue weighted by atomic mass is 32.1. The molecule has 0 spiro atoms. The predicted molar refractivity (Wildman–Crippen MR) is 123 cm³/mol. The first-order valence-electron chi connectivity index (χ1n) is 9.37. The molecular formula is C23H20N4O2S. The fourth-order valence-corrected chi connectivity index (χ4v) is 3.56. The summed E-state index contributed by atoms with van der Waals surface area (Å²) in [6.45, 7) is 0. The average molecular weight is 417 g/mol. The summed E-state index contributed by atoms with van der Waals surface area (Å²) in [5.74, 6) is -0.960. The van der Waals surface area contributed by atoms with Crippen LogP contribution in [0, 0.1) is 0 Å². The third kappa shape index (κ3) is 3.62. The van der Waals surface area contributed by atoms with Gasteiger partial charge < -0.3 is 9.47 Å². The van der Waals surface area contributed by atoms with Crippen molar-refractivity contribution in [2.75, 3.05) is 23.9 Å². The number of benzene rings is 2. The van der Waals surface area contributed by atoms with Crippen molar-refractivity contribution in [2.24, 2.45) is 0 Å². The first-order chi connectivity index (χ1) is 14.5. The molecule has 0 aliphatic carbocycles. The van der Waals surface area contributed by atoms with Crippen molar-refractivity contribution < 1.29 is 9.59 Å². The minimum Gasteiger partial charge on any atom is -0.378 e. The molecule has 0 radical (unpaired) electrons. The van der Waals surface area contributed by atoms with Crippen LogP contribution in [-0.2, 0) is 9.59 Å². The molecule has 2 amide bonds. The number of nitrogens with zero attached hydrogens (tertiary/aromatic N) is 3. The van der Waals surface area contributed by atoms with Crippen LogP contribution in [-0.4, -0.2) is 35.6 Å². The van der Waals surface area contributed by atoms with Crippen molar-refractivity contribution in [1.29, 1.82) is 0 Å². The number of aromatic nitrogens is 1. The fourth-order valence-electron chi connectivity index (χ4n) is 3.28. The molecule has 1 aromatic heterocycles. The van der Waals surface area contributed by atoms with Gasteiger partial charge in [-0.25, -0.2) is 0 Å². The first kappa shape index (κ1) is 19.6. The largest absolute Gasteiger partial charge is 0.378 e. The van der Waals surface area contributed by atoms with E-state index in [1.165, 1.54) is 4.90 Å². The van der Waals surface area contributed by atoms with Gasteiger partial charge in [0.25, 0.3) is 11.8 Å². The molecule has 0 bridgehead atoms. The smallest absolute Gasteiger partial charge is 0.270 e. The Balaban J connectivity index is 1.71. The Labute approximate surface area is 180 Å². The normalized spacial score (nSPS) is 15.5. The summed E-state index contributed by atoms with van der Waals surface area (Å²) >= 11 is 5.24. The van der Waals surface area contributed by atoms with E-state index < -0.39 is 11.8 Å². The summed E-state index contributed by atoms with van der Waals surface area (Å²) in [5, 5.41) is 2.69. The maximum atomic E-state index is 13.1. The van der Waals surface area contributed by atoms with Gasteiger partial charge in [-0.15, -0.1) is 0 Å². The van der Waals surface area contributed by atoms with E-state index in [0.29, 0.717) is 11.4 Å². The number of carbonyl (C=O) groups is 2. The number of rotatable bonds is 4. The van der Waals surface area contributed by atoms with Crippen LogP contribution in [0.2, 0.25) is 0 Å². The third-order valence-electron chi connectivity index (χ3n) is 4.83. The van der Waals surface area contributed by atoms with Crippen molar-refractivity contribution in [1.82, 2.24) is 9.88 Å². The van der Waals surface area contributed by atoms with Gasteiger partial charge >= 0.3 is 0 Å². The van der Waals surface area contributed by atoms with E-state index in [1.54, 1.807) is 18.2 Å². The van der Waals surface area contributed by atoms with Crippen LogP contribution in [0.4, 0.5) is 11.4 Å². The Morgan fingerprint density at radius 1 is 0.900 bits per heavy atom. The molecule has 7 heteroatoms. The van der Waals surface area contributed by atoms with Crippen LogP contribution < -0.4 is 15.1 Å². The average Bonchev–Trinajstić information content (AvgIpc) is 3.20. The molecule has 6 nitrogen and oxygen atoms in total. The lowest BCUT2D eigenvalue weighted by molar-refractivity contribution is -0.122. The van der Waals surface area contributed by atoms with Crippen molar-refractivity contribution in [3.63, 3.8) is 0 Å². The van der Waals surface area contributed by atoms with Crippen molar-refractivity contribution in [3.05, 3.63) is 84.2 Å². The van der Waals surface area contributed by atoms with Gasteiger partial charge in [0.05, 0.1) is 5.69 Å².